The molecule has 0 bridgehead atoms. The molecule has 0 saturated carbocycles. The highest BCUT2D eigenvalue weighted by atomic mass is 32.2. The summed E-state index contributed by atoms with van der Waals surface area (Å²) in [5, 5.41) is 6.13. The van der Waals surface area contributed by atoms with Crippen molar-refractivity contribution in [2.45, 2.75) is 18.7 Å². The number of anilines is 1. The van der Waals surface area contributed by atoms with Gasteiger partial charge in [-0.15, -0.1) is 0 Å². The number of amides is 1. The molecule has 1 amide bonds. The van der Waals surface area contributed by atoms with Gasteiger partial charge in [-0.05, 0) is 32.0 Å². The Kier molecular flexibility index (Phi) is 6.41. The number of hydrogen-bond acceptors (Lipinski definition) is 8. The van der Waals surface area contributed by atoms with Gasteiger partial charge in [0, 0.05) is 14.1 Å². The summed E-state index contributed by atoms with van der Waals surface area (Å²) in [5.41, 5.74) is 0.638. The molecule has 0 saturated heterocycles. The van der Waals surface area contributed by atoms with Crippen LogP contribution in [0.5, 0.6) is 5.75 Å². The zero-order chi connectivity index (χ0) is 21.1. The molecular formula is C17H21N3O7S. The Labute approximate surface area is 162 Å². The Morgan fingerprint density at radius 2 is 1.93 bits per heavy atom. The lowest BCUT2D eigenvalue weighted by Gasteiger charge is -2.15. The fraction of sp³-hybridized carbons (Fsp3) is 0.353. The van der Waals surface area contributed by atoms with Gasteiger partial charge in [0.2, 0.25) is 10.0 Å². The van der Waals surface area contributed by atoms with Gasteiger partial charge in [0.1, 0.15) is 17.1 Å². The Balaban J connectivity index is 2.14. The maximum absolute atomic E-state index is 12.3. The van der Waals surface area contributed by atoms with Gasteiger partial charge in [0.15, 0.2) is 6.61 Å². The first-order valence-corrected chi connectivity index (χ1v) is 9.52. The molecule has 1 N–H and O–H groups in total. The van der Waals surface area contributed by atoms with Gasteiger partial charge >= 0.3 is 5.97 Å². The van der Waals surface area contributed by atoms with Gasteiger partial charge in [-0.3, -0.25) is 4.79 Å². The van der Waals surface area contributed by atoms with E-state index in [2.05, 4.69) is 10.5 Å². The standard InChI is InChI=1S/C17H21N3O7S/c1-10-16(11(2)27-19-10)17(22)26-9-15(21)18-13-8-12(6-7-14(13)25-5)28(23,24)20(3)4/h6-8H,9H2,1-5H3,(H,18,21). The van der Waals surface area contributed by atoms with Crippen LogP contribution >= 0.6 is 0 Å². The average molecular weight is 411 g/mol. The van der Waals surface area contributed by atoms with E-state index in [-0.39, 0.29) is 27.7 Å². The number of benzene rings is 1. The van der Waals surface area contributed by atoms with Crippen molar-refractivity contribution in [1.82, 2.24) is 9.46 Å². The fourth-order valence-corrected chi connectivity index (χ4v) is 3.25. The summed E-state index contributed by atoms with van der Waals surface area (Å²) >= 11 is 0. The van der Waals surface area contributed by atoms with Crippen molar-refractivity contribution in [3.8, 4) is 5.75 Å². The third-order valence-corrected chi connectivity index (χ3v) is 5.61. The van der Waals surface area contributed by atoms with Crippen LogP contribution < -0.4 is 10.1 Å². The number of rotatable bonds is 7. The largest absolute Gasteiger partial charge is 0.495 e. The van der Waals surface area contributed by atoms with Crippen LogP contribution in [0.3, 0.4) is 0 Å². The minimum atomic E-state index is -3.70. The lowest BCUT2D eigenvalue weighted by molar-refractivity contribution is -0.119. The molecule has 1 aromatic carbocycles. The number of nitrogens with zero attached hydrogens (tertiary/aromatic N) is 2. The van der Waals surface area contributed by atoms with E-state index in [1.807, 2.05) is 0 Å². The number of esters is 1. The molecule has 2 aromatic rings. The Bertz CT molecular complexity index is 977. The number of aromatic nitrogens is 1. The number of carbonyl (C=O) groups is 2. The van der Waals surface area contributed by atoms with Crippen molar-refractivity contribution in [3.63, 3.8) is 0 Å². The van der Waals surface area contributed by atoms with Gasteiger partial charge in [-0.1, -0.05) is 5.16 Å². The van der Waals surface area contributed by atoms with Gasteiger partial charge < -0.3 is 19.3 Å². The van der Waals surface area contributed by atoms with E-state index < -0.39 is 28.5 Å². The number of ether oxygens (including phenoxy) is 2. The smallest absolute Gasteiger partial charge is 0.344 e. The molecule has 0 spiro atoms. The predicted molar refractivity (Wildman–Crippen MR) is 98.8 cm³/mol. The van der Waals surface area contributed by atoms with Crippen LogP contribution in [-0.4, -0.2) is 57.6 Å². The summed E-state index contributed by atoms with van der Waals surface area (Å²) < 4.78 is 40.6. The topological polar surface area (TPSA) is 128 Å². The summed E-state index contributed by atoms with van der Waals surface area (Å²) in [5.74, 6) is -0.880. The molecule has 1 heterocycles. The van der Waals surface area contributed by atoms with E-state index in [0.29, 0.717) is 5.69 Å². The van der Waals surface area contributed by atoms with E-state index in [1.165, 1.54) is 39.4 Å². The van der Waals surface area contributed by atoms with Crippen LogP contribution in [0.4, 0.5) is 5.69 Å². The van der Waals surface area contributed by atoms with Gasteiger partial charge in [-0.25, -0.2) is 17.5 Å². The highest BCUT2D eigenvalue weighted by molar-refractivity contribution is 7.89. The van der Waals surface area contributed by atoms with E-state index in [4.69, 9.17) is 14.0 Å². The molecule has 0 unspecified atom stereocenters. The van der Waals surface area contributed by atoms with Crippen molar-refractivity contribution in [2.24, 2.45) is 0 Å². The van der Waals surface area contributed by atoms with Crippen LogP contribution in [0.1, 0.15) is 21.8 Å². The fourth-order valence-electron chi connectivity index (χ4n) is 2.32. The third-order valence-electron chi connectivity index (χ3n) is 3.80. The Morgan fingerprint density at radius 1 is 1.25 bits per heavy atom. The number of methoxy groups -OCH3 is 1. The second-order valence-electron chi connectivity index (χ2n) is 5.97. The molecular weight excluding hydrogens is 390 g/mol. The van der Waals surface area contributed by atoms with E-state index in [9.17, 15) is 18.0 Å². The summed E-state index contributed by atoms with van der Waals surface area (Å²) in [6, 6.07) is 4.05. The molecule has 11 heteroatoms. The van der Waals surface area contributed by atoms with E-state index in [0.717, 1.165) is 4.31 Å². The summed E-state index contributed by atoms with van der Waals surface area (Å²) in [7, 11) is 0.466. The Hall–Kier alpha value is -2.92. The molecule has 0 aliphatic heterocycles. The number of hydrogen-bond donors (Lipinski definition) is 1. The molecule has 2 rings (SSSR count). The number of carbonyl (C=O) groups excluding carboxylic acids is 2. The lowest BCUT2D eigenvalue weighted by atomic mass is 10.2. The van der Waals surface area contributed by atoms with Crippen LogP contribution in [0.15, 0.2) is 27.6 Å². The molecule has 28 heavy (non-hydrogen) atoms. The monoisotopic (exact) mass is 411 g/mol. The van der Waals surface area contributed by atoms with Crippen molar-refractivity contribution < 1.29 is 32.0 Å². The molecule has 0 atom stereocenters. The summed E-state index contributed by atoms with van der Waals surface area (Å²) in [4.78, 5) is 24.2. The van der Waals surface area contributed by atoms with Crippen molar-refractivity contribution >= 4 is 27.6 Å². The first-order valence-electron chi connectivity index (χ1n) is 8.08. The molecule has 0 fully saturated rings. The SMILES string of the molecule is COc1ccc(S(=O)(=O)N(C)C)cc1NC(=O)COC(=O)c1c(C)noc1C. The summed E-state index contributed by atoms with van der Waals surface area (Å²) in [6.45, 7) is 2.55. The van der Waals surface area contributed by atoms with Crippen LogP contribution in [0, 0.1) is 13.8 Å². The molecule has 0 aliphatic rings. The van der Waals surface area contributed by atoms with Crippen LogP contribution in [-0.2, 0) is 19.6 Å². The molecule has 0 aliphatic carbocycles. The average Bonchev–Trinajstić information content (AvgIpc) is 2.98. The maximum Gasteiger partial charge on any atom is 0.344 e. The highest BCUT2D eigenvalue weighted by Gasteiger charge is 2.22. The Morgan fingerprint density at radius 3 is 2.46 bits per heavy atom. The predicted octanol–water partition coefficient (Wildman–Crippen LogP) is 1.35. The van der Waals surface area contributed by atoms with Crippen molar-refractivity contribution in [1.29, 1.82) is 0 Å². The molecule has 1 aromatic heterocycles. The third kappa shape index (κ3) is 4.49. The highest BCUT2D eigenvalue weighted by Crippen LogP contribution is 2.28. The lowest BCUT2D eigenvalue weighted by Crippen LogP contribution is -2.23. The summed E-state index contributed by atoms with van der Waals surface area (Å²) in [6.07, 6.45) is 0. The molecule has 152 valence electrons. The van der Waals surface area contributed by atoms with Gasteiger partial charge in [-0.2, -0.15) is 0 Å². The van der Waals surface area contributed by atoms with Crippen molar-refractivity contribution in [3.05, 3.63) is 35.2 Å². The minimum Gasteiger partial charge on any atom is -0.495 e. The zero-order valence-corrected chi connectivity index (χ0v) is 16.9. The number of nitrogens with one attached hydrogen (secondary N) is 1. The normalized spacial score (nSPS) is 11.4. The van der Waals surface area contributed by atoms with Crippen LogP contribution in [0.25, 0.3) is 0 Å². The van der Waals surface area contributed by atoms with E-state index in [1.54, 1.807) is 13.8 Å². The molecule has 10 nitrogen and oxygen atoms in total. The zero-order valence-electron chi connectivity index (χ0n) is 16.1. The maximum atomic E-state index is 12.3. The number of aryl methyl sites for hydroxylation is 2. The van der Waals surface area contributed by atoms with Gasteiger partial charge in [0.05, 0.1) is 23.4 Å². The first kappa shape index (κ1) is 21.4. The molecule has 0 radical (unpaired) electrons. The quantitative estimate of drug-likeness (QED) is 0.676. The van der Waals surface area contributed by atoms with Crippen LogP contribution in [0.2, 0.25) is 0 Å². The second kappa shape index (κ2) is 8.40. The van der Waals surface area contributed by atoms with E-state index >= 15 is 0 Å². The number of sulfonamides is 1. The first-order chi connectivity index (χ1) is 13.1. The minimum absolute atomic E-state index is 0.0266. The van der Waals surface area contributed by atoms with Gasteiger partial charge in [0.25, 0.3) is 5.91 Å². The second-order valence-corrected chi connectivity index (χ2v) is 8.12. The van der Waals surface area contributed by atoms with Crippen molar-refractivity contribution in [2.75, 3.05) is 33.1 Å².